The highest BCUT2D eigenvalue weighted by Gasteiger charge is 2.11. The number of aryl methyl sites for hydroxylation is 1. The Labute approximate surface area is 143 Å². The van der Waals surface area contributed by atoms with E-state index in [1.54, 1.807) is 29.3 Å². The van der Waals surface area contributed by atoms with Crippen molar-refractivity contribution >= 4 is 17.8 Å². The van der Waals surface area contributed by atoms with Gasteiger partial charge in [0.05, 0.1) is 17.6 Å². The third-order valence-electron chi connectivity index (χ3n) is 3.83. The minimum Gasteiger partial charge on any atom is -0.267 e. The van der Waals surface area contributed by atoms with Gasteiger partial charge in [-0.15, -0.1) is 0 Å². The van der Waals surface area contributed by atoms with Crippen LogP contribution in [-0.4, -0.2) is 24.1 Å². The molecule has 122 valence electrons. The highest BCUT2D eigenvalue weighted by Crippen LogP contribution is 2.14. The molecule has 0 saturated carbocycles. The van der Waals surface area contributed by atoms with Crippen LogP contribution in [0.4, 0.5) is 0 Å². The molecule has 4 rings (SSSR count). The molecule has 6 heteroatoms. The molecule has 0 fully saturated rings. The Hall–Kier alpha value is -3.54. The highest BCUT2D eigenvalue weighted by molar-refractivity contribution is 5.68. The van der Waals surface area contributed by atoms with Gasteiger partial charge >= 0.3 is 0 Å². The predicted molar refractivity (Wildman–Crippen MR) is 96.5 cm³/mol. The van der Waals surface area contributed by atoms with E-state index in [-0.39, 0.29) is 5.56 Å². The molecular formula is C19H15N5O. The molecule has 6 nitrogen and oxygen atoms in total. The molecule has 0 N–H and O–H groups in total. The van der Waals surface area contributed by atoms with Crippen LogP contribution in [0.3, 0.4) is 0 Å². The van der Waals surface area contributed by atoms with Crippen molar-refractivity contribution in [1.29, 1.82) is 0 Å². The number of hydrogen-bond acceptors (Lipinski definition) is 4. The van der Waals surface area contributed by atoms with Crippen LogP contribution in [-0.2, 0) is 0 Å². The minimum absolute atomic E-state index is 0.146. The standard InChI is InChI=1S/C19H15N5O/c1-14-10-18-22-16(7-6-15-4-2-8-20-12-15)11-19(25)24(18)23(14)17-5-3-9-21-13-17/h2-13H,1H3. The van der Waals surface area contributed by atoms with Crippen LogP contribution >= 0.6 is 0 Å². The lowest BCUT2D eigenvalue weighted by molar-refractivity contribution is 0.740. The van der Waals surface area contributed by atoms with E-state index in [2.05, 4.69) is 15.0 Å². The van der Waals surface area contributed by atoms with Gasteiger partial charge in [-0.3, -0.25) is 14.8 Å². The SMILES string of the molecule is Cc1cc2nc(C=Cc3cccnc3)cc(=O)n2n1-c1cccnc1. The van der Waals surface area contributed by atoms with Gasteiger partial charge < -0.3 is 0 Å². The average molecular weight is 329 g/mol. The largest absolute Gasteiger partial charge is 0.273 e. The number of pyridine rings is 2. The molecule has 0 atom stereocenters. The summed E-state index contributed by atoms with van der Waals surface area (Å²) in [4.78, 5) is 25.4. The first-order valence-corrected chi connectivity index (χ1v) is 7.83. The predicted octanol–water partition coefficient (Wildman–Crippen LogP) is 2.75. The molecule has 0 aliphatic carbocycles. The molecule has 25 heavy (non-hydrogen) atoms. The average Bonchev–Trinajstić information content (AvgIpc) is 2.98. The molecule has 0 aliphatic heterocycles. The summed E-state index contributed by atoms with van der Waals surface area (Å²) in [6.45, 7) is 1.94. The highest BCUT2D eigenvalue weighted by atomic mass is 16.1. The number of rotatable bonds is 3. The van der Waals surface area contributed by atoms with E-state index in [1.165, 1.54) is 6.07 Å². The second kappa shape index (κ2) is 6.16. The Morgan fingerprint density at radius 2 is 1.80 bits per heavy atom. The zero-order chi connectivity index (χ0) is 17.2. The van der Waals surface area contributed by atoms with E-state index in [9.17, 15) is 4.79 Å². The summed E-state index contributed by atoms with van der Waals surface area (Å²) in [5.74, 6) is 0. The topological polar surface area (TPSA) is 65.1 Å². The van der Waals surface area contributed by atoms with Crippen molar-refractivity contribution < 1.29 is 0 Å². The van der Waals surface area contributed by atoms with Gasteiger partial charge in [0.25, 0.3) is 5.56 Å². The monoisotopic (exact) mass is 329 g/mol. The second-order valence-electron chi connectivity index (χ2n) is 5.62. The third-order valence-corrected chi connectivity index (χ3v) is 3.83. The van der Waals surface area contributed by atoms with Crippen LogP contribution in [0.1, 0.15) is 17.0 Å². The summed E-state index contributed by atoms with van der Waals surface area (Å²) in [5, 5.41) is 0. The van der Waals surface area contributed by atoms with Crippen molar-refractivity contribution in [2.24, 2.45) is 0 Å². The fourth-order valence-electron chi connectivity index (χ4n) is 2.75. The summed E-state index contributed by atoms with van der Waals surface area (Å²) in [7, 11) is 0. The molecule has 4 heterocycles. The van der Waals surface area contributed by atoms with Gasteiger partial charge in [-0.05, 0) is 36.8 Å². The Balaban J connectivity index is 1.82. The Morgan fingerprint density at radius 3 is 2.52 bits per heavy atom. The van der Waals surface area contributed by atoms with Crippen LogP contribution in [0.15, 0.2) is 66.0 Å². The molecule has 0 spiro atoms. The lowest BCUT2D eigenvalue weighted by Gasteiger charge is -2.08. The first-order valence-electron chi connectivity index (χ1n) is 7.83. The van der Waals surface area contributed by atoms with Crippen molar-refractivity contribution in [2.75, 3.05) is 0 Å². The smallest absolute Gasteiger partial charge is 0.267 e. The number of fused-ring (bicyclic) bond motifs is 1. The molecule has 0 amide bonds. The second-order valence-corrected chi connectivity index (χ2v) is 5.62. The Kier molecular flexibility index (Phi) is 3.70. The summed E-state index contributed by atoms with van der Waals surface area (Å²) in [6.07, 6.45) is 10.6. The Bertz CT molecular complexity index is 1110. The van der Waals surface area contributed by atoms with Gasteiger partial charge in [0, 0.05) is 36.4 Å². The van der Waals surface area contributed by atoms with Gasteiger partial charge in [-0.1, -0.05) is 12.1 Å². The lowest BCUT2D eigenvalue weighted by Crippen LogP contribution is -2.20. The number of nitrogens with zero attached hydrogens (tertiary/aromatic N) is 5. The minimum atomic E-state index is -0.146. The van der Waals surface area contributed by atoms with Crippen molar-refractivity contribution in [3.8, 4) is 5.69 Å². The van der Waals surface area contributed by atoms with Crippen LogP contribution in [0.2, 0.25) is 0 Å². The molecule has 4 aromatic rings. The van der Waals surface area contributed by atoms with E-state index >= 15 is 0 Å². The maximum absolute atomic E-state index is 12.7. The van der Waals surface area contributed by atoms with Crippen molar-refractivity contribution in [3.63, 3.8) is 0 Å². The molecule has 0 saturated heterocycles. The fourth-order valence-corrected chi connectivity index (χ4v) is 2.75. The van der Waals surface area contributed by atoms with E-state index in [4.69, 9.17) is 0 Å². The quantitative estimate of drug-likeness (QED) is 0.580. The summed E-state index contributed by atoms with van der Waals surface area (Å²) >= 11 is 0. The molecule has 0 radical (unpaired) electrons. The molecule has 0 bridgehead atoms. The zero-order valence-corrected chi connectivity index (χ0v) is 13.6. The van der Waals surface area contributed by atoms with Gasteiger partial charge in [0.15, 0.2) is 5.65 Å². The van der Waals surface area contributed by atoms with Gasteiger partial charge in [-0.25, -0.2) is 9.67 Å². The van der Waals surface area contributed by atoms with Gasteiger partial charge in [-0.2, -0.15) is 4.52 Å². The lowest BCUT2D eigenvalue weighted by atomic mass is 10.2. The fraction of sp³-hybridized carbons (Fsp3) is 0.0526. The molecular weight excluding hydrogens is 314 g/mol. The third kappa shape index (κ3) is 2.85. The first kappa shape index (κ1) is 15.0. The molecule has 0 unspecified atom stereocenters. The number of aromatic nitrogens is 5. The maximum atomic E-state index is 12.7. The van der Waals surface area contributed by atoms with Crippen molar-refractivity contribution in [3.05, 3.63) is 88.5 Å². The molecule has 0 aliphatic rings. The van der Waals surface area contributed by atoms with Crippen LogP contribution in [0, 0.1) is 6.92 Å². The van der Waals surface area contributed by atoms with Crippen LogP contribution in [0.25, 0.3) is 23.5 Å². The maximum Gasteiger partial charge on any atom is 0.273 e. The summed E-state index contributed by atoms with van der Waals surface area (Å²) in [6, 6.07) is 11.0. The van der Waals surface area contributed by atoms with Gasteiger partial charge in [0.2, 0.25) is 0 Å². The van der Waals surface area contributed by atoms with Gasteiger partial charge in [0.1, 0.15) is 0 Å². The van der Waals surface area contributed by atoms with Crippen LogP contribution < -0.4 is 5.56 Å². The van der Waals surface area contributed by atoms with E-state index in [0.29, 0.717) is 11.3 Å². The normalized spacial score (nSPS) is 11.4. The summed E-state index contributed by atoms with van der Waals surface area (Å²) in [5.41, 5.74) is 3.74. The first-order chi connectivity index (χ1) is 12.2. The molecule has 0 aromatic carbocycles. The Morgan fingerprint density at radius 1 is 1.00 bits per heavy atom. The van der Waals surface area contributed by atoms with E-state index in [0.717, 1.165) is 16.9 Å². The summed E-state index contributed by atoms with van der Waals surface area (Å²) < 4.78 is 3.36. The van der Waals surface area contributed by atoms with E-state index < -0.39 is 0 Å². The molecule has 4 aromatic heterocycles. The van der Waals surface area contributed by atoms with E-state index in [1.807, 2.05) is 54.1 Å². The van der Waals surface area contributed by atoms with Crippen molar-refractivity contribution in [1.82, 2.24) is 24.1 Å². The van der Waals surface area contributed by atoms with Crippen LogP contribution in [0.5, 0.6) is 0 Å². The number of hydrogen-bond donors (Lipinski definition) is 0. The van der Waals surface area contributed by atoms with Crippen molar-refractivity contribution in [2.45, 2.75) is 6.92 Å². The zero-order valence-electron chi connectivity index (χ0n) is 13.6.